The zero-order chi connectivity index (χ0) is 13.8. The van der Waals surface area contributed by atoms with Gasteiger partial charge in [0.2, 0.25) is 0 Å². The lowest BCUT2D eigenvalue weighted by Crippen LogP contribution is -2.25. The Morgan fingerprint density at radius 2 is 1.84 bits per heavy atom. The first-order chi connectivity index (χ1) is 9.11. The van der Waals surface area contributed by atoms with Crippen molar-refractivity contribution in [2.75, 3.05) is 25.0 Å². The van der Waals surface area contributed by atoms with Crippen LogP contribution < -0.4 is 10.6 Å². The van der Waals surface area contributed by atoms with E-state index < -0.39 is 0 Å². The van der Waals surface area contributed by atoms with Gasteiger partial charge in [0, 0.05) is 25.7 Å². The molecule has 19 heavy (non-hydrogen) atoms. The summed E-state index contributed by atoms with van der Waals surface area (Å²) in [6, 6.07) is 10.3. The molecular formula is C15H20N4. The van der Waals surface area contributed by atoms with Crippen LogP contribution in [0.15, 0.2) is 30.3 Å². The summed E-state index contributed by atoms with van der Waals surface area (Å²) in [5, 5.41) is 8.54. The maximum atomic E-state index is 5.53. The second kappa shape index (κ2) is 5.80. The van der Waals surface area contributed by atoms with Crippen LogP contribution in [0.4, 0.5) is 5.82 Å². The van der Waals surface area contributed by atoms with Crippen LogP contribution in [0, 0.1) is 13.8 Å². The van der Waals surface area contributed by atoms with Crippen molar-refractivity contribution in [3.8, 4) is 11.3 Å². The fourth-order valence-corrected chi connectivity index (χ4v) is 1.89. The predicted molar refractivity (Wildman–Crippen MR) is 79.3 cm³/mol. The minimum Gasteiger partial charge on any atom is -0.357 e. The molecule has 4 heteroatoms. The van der Waals surface area contributed by atoms with Crippen molar-refractivity contribution in [2.45, 2.75) is 13.8 Å². The van der Waals surface area contributed by atoms with E-state index in [2.05, 4.69) is 42.2 Å². The van der Waals surface area contributed by atoms with Crippen molar-refractivity contribution >= 4 is 5.82 Å². The lowest BCUT2D eigenvalue weighted by Gasteiger charge is -2.16. The maximum absolute atomic E-state index is 5.53. The zero-order valence-corrected chi connectivity index (χ0v) is 11.7. The van der Waals surface area contributed by atoms with E-state index in [1.807, 2.05) is 24.1 Å². The average molecular weight is 256 g/mol. The molecule has 2 rings (SSSR count). The molecule has 0 aliphatic heterocycles. The number of anilines is 1. The number of likely N-dealkylation sites (N-methyl/N-ethyl adjacent to an activating group) is 1. The quantitative estimate of drug-likeness (QED) is 0.910. The van der Waals surface area contributed by atoms with Crippen LogP contribution in [-0.2, 0) is 0 Å². The number of hydrogen-bond donors (Lipinski definition) is 1. The van der Waals surface area contributed by atoms with Gasteiger partial charge in [-0.25, -0.2) is 0 Å². The van der Waals surface area contributed by atoms with E-state index in [4.69, 9.17) is 5.73 Å². The number of aromatic nitrogens is 2. The number of aryl methyl sites for hydroxylation is 2. The van der Waals surface area contributed by atoms with Gasteiger partial charge in [0.15, 0.2) is 5.82 Å². The normalized spacial score (nSPS) is 10.5. The Kier molecular flexibility index (Phi) is 4.12. The van der Waals surface area contributed by atoms with E-state index >= 15 is 0 Å². The highest BCUT2D eigenvalue weighted by Crippen LogP contribution is 2.20. The molecular weight excluding hydrogens is 236 g/mol. The van der Waals surface area contributed by atoms with Crippen LogP contribution in [-0.4, -0.2) is 30.3 Å². The number of nitrogens with zero attached hydrogens (tertiary/aromatic N) is 3. The van der Waals surface area contributed by atoms with Crippen molar-refractivity contribution in [1.82, 2.24) is 10.2 Å². The third-order valence-electron chi connectivity index (χ3n) is 3.31. The zero-order valence-electron chi connectivity index (χ0n) is 11.7. The van der Waals surface area contributed by atoms with Crippen molar-refractivity contribution < 1.29 is 0 Å². The monoisotopic (exact) mass is 256 g/mol. The smallest absolute Gasteiger partial charge is 0.151 e. The third kappa shape index (κ3) is 3.09. The van der Waals surface area contributed by atoms with Gasteiger partial charge in [0.05, 0.1) is 5.69 Å². The van der Waals surface area contributed by atoms with Crippen molar-refractivity contribution in [1.29, 1.82) is 0 Å². The van der Waals surface area contributed by atoms with Crippen molar-refractivity contribution in [2.24, 2.45) is 5.73 Å². The average Bonchev–Trinajstić information content (AvgIpc) is 2.42. The summed E-state index contributed by atoms with van der Waals surface area (Å²) < 4.78 is 0. The first kappa shape index (κ1) is 13.5. The molecule has 1 aromatic carbocycles. The Morgan fingerprint density at radius 1 is 1.05 bits per heavy atom. The molecule has 100 valence electrons. The van der Waals surface area contributed by atoms with Crippen LogP contribution in [0.1, 0.15) is 11.1 Å². The van der Waals surface area contributed by atoms with Crippen LogP contribution in [0.2, 0.25) is 0 Å². The fraction of sp³-hybridized carbons (Fsp3) is 0.333. The standard InChI is InChI=1S/C15H20N4/c1-11-4-5-13(10-12(11)2)14-6-7-15(18-17-14)19(3)9-8-16/h4-7,10H,8-9,16H2,1-3H3. The molecule has 1 heterocycles. The van der Waals surface area contributed by atoms with E-state index in [-0.39, 0.29) is 0 Å². The highest BCUT2D eigenvalue weighted by molar-refractivity contribution is 5.61. The molecule has 0 saturated carbocycles. The SMILES string of the molecule is Cc1ccc(-c2ccc(N(C)CCN)nn2)cc1C. The van der Waals surface area contributed by atoms with E-state index in [1.54, 1.807) is 0 Å². The summed E-state index contributed by atoms with van der Waals surface area (Å²) in [5.41, 5.74) is 10.1. The summed E-state index contributed by atoms with van der Waals surface area (Å²) in [6.45, 7) is 5.60. The molecule has 4 nitrogen and oxygen atoms in total. The lowest BCUT2D eigenvalue weighted by molar-refractivity contribution is 0.848. The summed E-state index contributed by atoms with van der Waals surface area (Å²) in [6.07, 6.45) is 0. The minimum atomic E-state index is 0.608. The Hall–Kier alpha value is -1.94. The van der Waals surface area contributed by atoms with Gasteiger partial charge in [-0.05, 0) is 43.2 Å². The van der Waals surface area contributed by atoms with Crippen molar-refractivity contribution in [3.63, 3.8) is 0 Å². The molecule has 0 aliphatic carbocycles. The van der Waals surface area contributed by atoms with Crippen molar-refractivity contribution in [3.05, 3.63) is 41.5 Å². The molecule has 0 amide bonds. The highest BCUT2D eigenvalue weighted by atomic mass is 15.2. The second-order valence-corrected chi connectivity index (χ2v) is 4.79. The lowest BCUT2D eigenvalue weighted by atomic mass is 10.0. The topological polar surface area (TPSA) is 55.0 Å². The van der Waals surface area contributed by atoms with E-state index in [0.717, 1.165) is 23.6 Å². The van der Waals surface area contributed by atoms with E-state index in [9.17, 15) is 0 Å². The van der Waals surface area contributed by atoms with Crippen LogP contribution in [0.3, 0.4) is 0 Å². The Balaban J connectivity index is 2.24. The van der Waals surface area contributed by atoms with Crippen LogP contribution in [0.25, 0.3) is 11.3 Å². The molecule has 0 radical (unpaired) electrons. The maximum Gasteiger partial charge on any atom is 0.151 e. The van der Waals surface area contributed by atoms with Gasteiger partial charge >= 0.3 is 0 Å². The number of benzene rings is 1. The summed E-state index contributed by atoms with van der Waals surface area (Å²) in [7, 11) is 1.96. The number of nitrogens with two attached hydrogens (primary N) is 1. The molecule has 2 aromatic rings. The third-order valence-corrected chi connectivity index (χ3v) is 3.31. The summed E-state index contributed by atoms with van der Waals surface area (Å²) in [5.74, 6) is 0.845. The van der Waals surface area contributed by atoms with Crippen LogP contribution >= 0.6 is 0 Å². The first-order valence-corrected chi connectivity index (χ1v) is 6.44. The van der Waals surface area contributed by atoms with E-state index in [0.29, 0.717) is 6.54 Å². The molecule has 0 aliphatic rings. The molecule has 0 atom stereocenters. The Bertz CT molecular complexity index is 549. The molecule has 0 unspecified atom stereocenters. The molecule has 0 fully saturated rings. The minimum absolute atomic E-state index is 0.608. The highest BCUT2D eigenvalue weighted by Gasteiger charge is 2.05. The van der Waals surface area contributed by atoms with Gasteiger partial charge in [-0.1, -0.05) is 12.1 Å². The molecule has 0 spiro atoms. The molecule has 0 saturated heterocycles. The number of hydrogen-bond acceptors (Lipinski definition) is 4. The second-order valence-electron chi connectivity index (χ2n) is 4.79. The molecule has 0 bridgehead atoms. The molecule has 2 N–H and O–H groups in total. The summed E-state index contributed by atoms with van der Waals surface area (Å²) >= 11 is 0. The summed E-state index contributed by atoms with van der Waals surface area (Å²) in [4.78, 5) is 2.00. The fourth-order valence-electron chi connectivity index (χ4n) is 1.89. The first-order valence-electron chi connectivity index (χ1n) is 6.44. The van der Waals surface area contributed by atoms with Gasteiger partial charge in [-0.15, -0.1) is 10.2 Å². The largest absolute Gasteiger partial charge is 0.357 e. The Labute approximate surface area is 114 Å². The number of rotatable bonds is 4. The van der Waals surface area contributed by atoms with Gasteiger partial charge in [-0.3, -0.25) is 0 Å². The van der Waals surface area contributed by atoms with Gasteiger partial charge in [0.25, 0.3) is 0 Å². The van der Waals surface area contributed by atoms with Gasteiger partial charge in [-0.2, -0.15) is 0 Å². The Morgan fingerprint density at radius 3 is 2.42 bits per heavy atom. The van der Waals surface area contributed by atoms with Gasteiger partial charge < -0.3 is 10.6 Å². The molecule has 1 aromatic heterocycles. The van der Waals surface area contributed by atoms with Crippen LogP contribution in [0.5, 0.6) is 0 Å². The van der Waals surface area contributed by atoms with E-state index in [1.165, 1.54) is 11.1 Å². The predicted octanol–water partition coefficient (Wildman–Crippen LogP) is 2.16. The van der Waals surface area contributed by atoms with Gasteiger partial charge in [0.1, 0.15) is 0 Å².